The molecule has 1 aromatic heterocycles. The van der Waals surface area contributed by atoms with Crippen LogP contribution >= 0.6 is 0 Å². The molecule has 0 saturated carbocycles. The molecule has 2 rings (SSSR count). The van der Waals surface area contributed by atoms with Gasteiger partial charge in [0.05, 0.1) is 6.20 Å². The van der Waals surface area contributed by atoms with Crippen molar-refractivity contribution in [2.24, 2.45) is 0 Å². The summed E-state index contributed by atoms with van der Waals surface area (Å²) in [6.45, 7) is 0. The first kappa shape index (κ1) is 10.4. The summed E-state index contributed by atoms with van der Waals surface area (Å²) in [7, 11) is 0. The van der Waals surface area contributed by atoms with Gasteiger partial charge in [0.15, 0.2) is 0 Å². The number of hydrogen-bond donors (Lipinski definition) is 3. The van der Waals surface area contributed by atoms with E-state index in [0.717, 1.165) is 6.07 Å². The lowest BCUT2D eigenvalue weighted by Gasteiger charge is -2.05. The molecule has 2 aromatic rings. The van der Waals surface area contributed by atoms with Crippen LogP contribution in [0.5, 0.6) is 5.75 Å². The summed E-state index contributed by atoms with van der Waals surface area (Å²) in [5, 5.41) is 15.8. The van der Waals surface area contributed by atoms with Crippen molar-refractivity contribution >= 4 is 5.82 Å². The zero-order valence-corrected chi connectivity index (χ0v) is 8.11. The van der Waals surface area contributed by atoms with Crippen molar-refractivity contribution in [3.8, 4) is 16.9 Å². The van der Waals surface area contributed by atoms with Crippen LogP contribution in [-0.2, 0) is 0 Å². The second-order valence-corrected chi connectivity index (χ2v) is 3.27. The largest absolute Gasteiger partial charge is 0.507 e. The van der Waals surface area contributed by atoms with E-state index in [4.69, 9.17) is 5.73 Å². The molecule has 0 bridgehead atoms. The average Bonchev–Trinajstić information content (AvgIpc) is 2.64. The molecule has 0 aliphatic rings. The third-order valence-corrected chi connectivity index (χ3v) is 2.23. The van der Waals surface area contributed by atoms with Crippen LogP contribution in [0, 0.1) is 0 Å². The van der Waals surface area contributed by atoms with E-state index in [1.54, 1.807) is 0 Å². The molecule has 0 amide bonds. The average molecular weight is 225 g/mol. The predicted molar refractivity (Wildman–Crippen MR) is 55.1 cm³/mol. The van der Waals surface area contributed by atoms with Crippen LogP contribution in [0.2, 0.25) is 0 Å². The molecule has 1 heterocycles. The number of phenols is 1. The normalized spacial score (nSPS) is 10.9. The van der Waals surface area contributed by atoms with Crippen molar-refractivity contribution < 1.29 is 13.9 Å². The standard InChI is InChI=1S/C10H9F2N3O/c11-9(12)5-1-2-6(8(16)3-5)7-4-14-15-10(7)13/h1-4,9,16H,(H3,13,14,15). The maximum absolute atomic E-state index is 12.3. The second kappa shape index (κ2) is 3.80. The number of rotatable bonds is 2. The van der Waals surface area contributed by atoms with Gasteiger partial charge in [-0.3, -0.25) is 5.10 Å². The number of H-pyrrole nitrogens is 1. The zero-order valence-electron chi connectivity index (χ0n) is 8.11. The molecule has 6 heteroatoms. The topological polar surface area (TPSA) is 74.9 Å². The minimum absolute atomic E-state index is 0.233. The lowest BCUT2D eigenvalue weighted by molar-refractivity contribution is 0.151. The van der Waals surface area contributed by atoms with Crippen molar-refractivity contribution in [2.45, 2.75) is 6.43 Å². The number of nitrogens with zero attached hydrogens (tertiary/aromatic N) is 1. The number of nitrogen functional groups attached to an aromatic ring is 1. The number of halogens is 2. The van der Waals surface area contributed by atoms with Crippen LogP contribution in [0.4, 0.5) is 14.6 Å². The lowest BCUT2D eigenvalue weighted by atomic mass is 10.1. The summed E-state index contributed by atoms with van der Waals surface area (Å²) in [5.41, 5.74) is 6.18. The summed E-state index contributed by atoms with van der Waals surface area (Å²) in [4.78, 5) is 0. The number of hydrogen-bond acceptors (Lipinski definition) is 3. The van der Waals surface area contributed by atoms with Gasteiger partial charge in [-0.05, 0) is 12.1 Å². The molecule has 0 radical (unpaired) electrons. The Kier molecular flexibility index (Phi) is 2.47. The number of nitrogens with two attached hydrogens (primary N) is 1. The summed E-state index contributed by atoms with van der Waals surface area (Å²) in [6.07, 6.45) is -1.19. The van der Waals surface area contributed by atoms with Gasteiger partial charge in [0, 0.05) is 16.7 Å². The Morgan fingerprint density at radius 2 is 2.06 bits per heavy atom. The summed E-state index contributed by atoms with van der Waals surface area (Å²) >= 11 is 0. The SMILES string of the molecule is Nc1[nH]ncc1-c1ccc(C(F)F)cc1O. The number of anilines is 1. The maximum atomic E-state index is 12.3. The quantitative estimate of drug-likeness (QED) is 0.734. The highest BCUT2D eigenvalue weighted by Crippen LogP contribution is 2.34. The molecule has 0 fully saturated rings. The molecule has 0 aliphatic carbocycles. The van der Waals surface area contributed by atoms with Crippen molar-refractivity contribution in [3.05, 3.63) is 30.0 Å². The van der Waals surface area contributed by atoms with Gasteiger partial charge in [-0.2, -0.15) is 5.10 Å². The number of aromatic hydroxyl groups is 1. The summed E-state index contributed by atoms with van der Waals surface area (Å²) < 4.78 is 24.7. The monoisotopic (exact) mass is 225 g/mol. The fourth-order valence-electron chi connectivity index (χ4n) is 1.42. The molecule has 0 saturated heterocycles. The van der Waals surface area contributed by atoms with Gasteiger partial charge in [0.25, 0.3) is 6.43 Å². The fourth-order valence-corrected chi connectivity index (χ4v) is 1.42. The van der Waals surface area contributed by atoms with Gasteiger partial charge in [0.2, 0.25) is 0 Å². The Bertz CT molecular complexity index is 511. The first-order chi connectivity index (χ1) is 7.59. The number of phenolic OH excluding ortho intramolecular Hbond substituents is 1. The Labute approximate surface area is 89.7 Å². The van der Waals surface area contributed by atoms with Crippen LogP contribution in [0.25, 0.3) is 11.1 Å². The van der Waals surface area contributed by atoms with E-state index in [2.05, 4.69) is 10.2 Å². The van der Waals surface area contributed by atoms with E-state index in [9.17, 15) is 13.9 Å². The Morgan fingerprint density at radius 1 is 1.31 bits per heavy atom. The van der Waals surface area contributed by atoms with Crippen LogP contribution in [0.3, 0.4) is 0 Å². The first-order valence-corrected chi connectivity index (χ1v) is 4.50. The minimum Gasteiger partial charge on any atom is -0.507 e. The van der Waals surface area contributed by atoms with E-state index < -0.39 is 6.43 Å². The molecule has 4 N–H and O–H groups in total. The van der Waals surface area contributed by atoms with E-state index in [-0.39, 0.29) is 17.1 Å². The number of aromatic amines is 1. The lowest BCUT2D eigenvalue weighted by Crippen LogP contribution is -1.89. The van der Waals surface area contributed by atoms with Gasteiger partial charge in [0.1, 0.15) is 11.6 Å². The third-order valence-electron chi connectivity index (χ3n) is 2.23. The summed E-state index contributed by atoms with van der Waals surface area (Å²) in [5.74, 6) is 0.0333. The molecule has 4 nitrogen and oxygen atoms in total. The highest BCUT2D eigenvalue weighted by atomic mass is 19.3. The van der Waals surface area contributed by atoms with Gasteiger partial charge in [-0.15, -0.1) is 0 Å². The van der Waals surface area contributed by atoms with Gasteiger partial charge in [-0.25, -0.2) is 8.78 Å². The first-order valence-electron chi connectivity index (χ1n) is 4.50. The number of benzene rings is 1. The van der Waals surface area contributed by atoms with Crippen molar-refractivity contribution in [1.29, 1.82) is 0 Å². The van der Waals surface area contributed by atoms with Crippen molar-refractivity contribution in [2.75, 3.05) is 5.73 Å². The molecule has 0 spiro atoms. The molecule has 0 aliphatic heterocycles. The van der Waals surface area contributed by atoms with Gasteiger partial charge >= 0.3 is 0 Å². The van der Waals surface area contributed by atoms with Crippen molar-refractivity contribution in [1.82, 2.24) is 10.2 Å². The molecular formula is C10H9F2N3O. The Hall–Kier alpha value is -2.11. The molecule has 0 unspecified atom stereocenters. The maximum Gasteiger partial charge on any atom is 0.263 e. The van der Waals surface area contributed by atoms with Crippen LogP contribution in [-0.4, -0.2) is 15.3 Å². The number of alkyl halides is 2. The number of aromatic nitrogens is 2. The highest BCUT2D eigenvalue weighted by molar-refractivity contribution is 5.77. The molecule has 0 atom stereocenters. The second-order valence-electron chi connectivity index (χ2n) is 3.27. The van der Waals surface area contributed by atoms with E-state index in [0.29, 0.717) is 11.1 Å². The smallest absolute Gasteiger partial charge is 0.263 e. The zero-order chi connectivity index (χ0) is 11.7. The minimum atomic E-state index is -2.61. The van der Waals surface area contributed by atoms with Crippen LogP contribution in [0.15, 0.2) is 24.4 Å². The van der Waals surface area contributed by atoms with Gasteiger partial charge < -0.3 is 10.8 Å². The van der Waals surface area contributed by atoms with E-state index in [1.807, 2.05) is 0 Å². The predicted octanol–water partition coefficient (Wildman–Crippen LogP) is 2.30. The summed E-state index contributed by atoms with van der Waals surface area (Å²) in [6, 6.07) is 3.65. The Balaban J connectivity index is 2.48. The van der Waals surface area contributed by atoms with E-state index in [1.165, 1.54) is 18.3 Å². The third kappa shape index (κ3) is 1.69. The molecule has 16 heavy (non-hydrogen) atoms. The Morgan fingerprint density at radius 3 is 2.56 bits per heavy atom. The molecule has 84 valence electrons. The molecule has 1 aromatic carbocycles. The highest BCUT2D eigenvalue weighted by Gasteiger charge is 2.13. The van der Waals surface area contributed by atoms with Gasteiger partial charge in [-0.1, -0.05) is 6.07 Å². The van der Waals surface area contributed by atoms with Crippen LogP contribution < -0.4 is 5.73 Å². The fraction of sp³-hybridized carbons (Fsp3) is 0.100. The van der Waals surface area contributed by atoms with Crippen LogP contribution in [0.1, 0.15) is 12.0 Å². The van der Waals surface area contributed by atoms with E-state index >= 15 is 0 Å². The molecular weight excluding hydrogens is 216 g/mol. The number of nitrogens with one attached hydrogen (secondary N) is 1. The van der Waals surface area contributed by atoms with Crippen molar-refractivity contribution in [3.63, 3.8) is 0 Å².